The van der Waals surface area contributed by atoms with Gasteiger partial charge >= 0.3 is 0 Å². The van der Waals surface area contributed by atoms with Gasteiger partial charge in [-0.15, -0.1) is 22.7 Å². The van der Waals surface area contributed by atoms with Crippen molar-refractivity contribution in [1.82, 2.24) is 4.98 Å². The molecule has 3 aromatic rings. The zero-order chi connectivity index (χ0) is 14.1. The van der Waals surface area contributed by atoms with Crippen LogP contribution in [0.25, 0.3) is 10.6 Å². The van der Waals surface area contributed by atoms with Gasteiger partial charge in [0.05, 0.1) is 22.4 Å². The molecular weight excluding hydrogens is 292 g/mol. The molecule has 3 aromatic heterocycles. The predicted molar refractivity (Wildman–Crippen MR) is 81.6 cm³/mol. The largest absolute Gasteiger partial charge is 0.469 e. The Morgan fingerprint density at radius 2 is 2.15 bits per heavy atom. The molecule has 0 aromatic carbocycles. The molecule has 20 heavy (non-hydrogen) atoms. The topological polar surface area (TPSA) is 55.1 Å². The SMILES string of the molecule is Cc1ccc(-c2csc(NC(=O)c3ccoc3C)n2)s1. The van der Waals surface area contributed by atoms with E-state index in [0.29, 0.717) is 16.5 Å². The highest BCUT2D eigenvalue weighted by Gasteiger charge is 2.14. The first-order valence-corrected chi connectivity index (χ1v) is 7.71. The van der Waals surface area contributed by atoms with Crippen molar-refractivity contribution in [3.05, 3.63) is 46.0 Å². The zero-order valence-corrected chi connectivity index (χ0v) is 12.6. The zero-order valence-electron chi connectivity index (χ0n) is 11.0. The summed E-state index contributed by atoms with van der Waals surface area (Å²) in [5.41, 5.74) is 1.43. The maximum absolute atomic E-state index is 12.0. The van der Waals surface area contributed by atoms with Crippen molar-refractivity contribution in [1.29, 1.82) is 0 Å². The van der Waals surface area contributed by atoms with Gasteiger partial charge < -0.3 is 4.42 Å². The average molecular weight is 304 g/mol. The van der Waals surface area contributed by atoms with Crippen molar-refractivity contribution in [2.75, 3.05) is 5.32 Å². The molecule has 0 radical (unpaired) electrons. The second-order valence-electron chi connectivity index (χ2n) is 4.29. The number of carbonyl (C=O) groups excluding carboxylic acids is 1. The first kappa shape index (κ1) is 13.1. The normalized spacial score (nSPS) is 10.7. The van der Waals surface area contributed by atoms with Gasteiger partial charge in [-0.05, 0) is 32.0 Å². The molecule has 0 aliphatic carbocycles. The Morgan fingerprint density at radius 3 is 2.80 bits per heavy atom. The van der Waals surface area contributed by atoms with E-state index in [1.807, 2.05) is 11.4 Å². The molecule has 3 heterocycles. The Kier molecular flexibility index (Phi) is 3.42. The number of nitrogens with one attached hydrogen (secondary N) is 1. The lowest BCUT2D eigenvalue weighted by Crippen LogP contribution is -2.11. The van der Waals surface area contributed by atoms with E-state index >= 15 is 0 Å². The summed E-state index contributed by atoms with van der Waals surface area (Å²) in [6, 6.07) is 5.76. The first-order valence-electron chi connectivity index (χ1n) is 6.01. The monoisotopic (exact) mass is 304 g/mol. The lowest BCUT2D eigenvalue weighted by Gasteiger charge is -1.99. The van der Waals surface area contributed by atoms with Crippen LogP contribution in [0.5, 0.6) is 0 Å². The average Bonchev–Trinajstić information content (AvgIpc) is 3.10. The fourth-order valence-corrected chi connectivity index (χ4v) is 3.41. The van der Waals surface area contributed by atoms with Crippen LogP contribution in [0.4, 0.5) is 5.13 Å². The van der Waals surface area contributed by atoms with Crippen LogP contribution >= 0.6 is 22.7 Å². The molecule has 6 heteroatoms. The minimum Gasteiger partial charge on any atom is -0.469 e. The van der Waals surface area contributed by atoms with E-state index in [-0.39, 0.29) is 5.91 Å². The number of furan rings is 1. The maximum Gasteiger partial charge on any atom is 0.260 e. The molecule has 0 fully saturated rings. The van der Waals surface area contributed by atoms with Crippen molar-refractivity contribution >= 4 is 33.7 Å². The Labute approximate surface area is 124 Å². The molecule has 0 saturated heterocycles. The second-order valence-corrected chi connectivity index (χ2v) is 6.44. The minimum absolute atomic E-state index is 0.195. The predicted octanol–water partition coefficient (Wildman–Crippen LogP) is 4.33. The third-order valence-corrected chi connectivity index (χ3v) is 4.60. The number of aryl methyl sites for hydroxylation is 2. The molecule has 0 saturated carbocycles. The molecule has 1 amide bonds. The Hall–Kier alpha value is -1.92. The summed E-state index contributed by atoms with van der Waals surface area (Å²) in [5, 5.41) is 5.34. The van der Waals surface area contributed by atoms with Gasteiger partial charge in [0.1, 0.15) is 5.76 Å². The number of thiophene rings is 1. The molecule has 3 rings (SSSR count). The minimum atomic E-state index is -0.195. The van der Waals surface area contributed by atoms with E-state index in [0.717, 1.165) is 10.6 Å². The number of hydrogen-bond donors (Lipinski definition) is 1. The molecule has 0 atom stereocenters. The first-order chi connectivity index (χ1) is 9.63. The Bertz CT molecular complexity index is 755. The van der Waals surface area contributed by atoms with Gasteiger partial charge in [-0.2, -0.15) is 0 Å². The van der Waals surface area contributed by atoms with E-state index in [2.05, 4.69) is 23.3 Å². The smallest absolute Gasteiger partial charge is 0.260 e. The highest BCUT2D eigenvalue weighted by atomic mass is 32.1. The van der Waals surface area contributed by atoms with Gasteiger partial charge in [-0.3, -0.25) is 10.1 Å². The van der Waals surface area contributed by atoms with E-state index in [9.17, 15) is 4.79 Å². The summed E-state index contributed by atoms with van der Waals surface area (Å²) < 4.78 is 5.12. The van der Waals surface area contributed by atoms with E-state index in [1.165, 1.54) is 22.5 Å². The van der Waals surface area contributed by atoms with E-state index in [4.69, 9.17) is 4.42 Å². The van der Waals surface area contributed by atoms with Gasteiger partial charge in [-0.1, -0.05) is 0 Å². The van der Waals surface area contributed by atoms with Crippen LogP contribution in [-0.2, 0) is 0 Å². The molecule has 4 nitrogen and oxygen atoms in total. The number of anilines is 1. The van der Waals surface area contributed by atoms with Gasteiger partial charge in [0, 0.05) is 10.3 Å². The molecular formula is C14H12N2O2S2. The summed E-state index contributed by atoms with van der Waals surface area (Å²) in [6.07, 6.45) is 1.51. The summed E-state index contributed by atoms with van der Waals surface area (Å²) in [6.45, 7) is 3.82. The third-order valence-electron chi connectivity index (χ3n) is 2.82. The molecule has 0 aliphatic heterocycles. The lowest BCUT2D eigenvalue weighted by molar-refractivity contribution is 0.102. The van der Waals surface area contributed by atoms with Crippen LogP contribution in [0.15, 0.2) is 34.3 Å². The molecule has 1 N–H and O–H groups in total. The van der Waals surface area contributed by atoms with Crippen molar-refractivity contribution < 1.29 is 9.21 Å². The quantitative estimate of drug-likeness (QED) is 0.783. The number of aromatic nitrogens is 1. The molecule has 0 unspecified atom stereocenters. The summed E-state index contributed by atoms with van der Waals surface area (Å²) in [5.74, 6) is 0.410. The third kappa shape index (κ3) is 2.52. The second kappa shape index (κ2) is 5.22. The summed E-state index contributed by atoms with van der Waals surface area (Å²) >= 11 is 3.11. The maximum atomic E-state index is 12.0. The number of amides is 1. The van der Waals surface area contributed by atoms with Crippen LogP contribution in [0, 0.1) is 13.8 Å². The number of hydrogen-bond acceptors (Lipinski definition) is 5. The number of thiazole rings is 1. The van der Waals surface area contributed by atoms with Crippen molar-refractivity contribution in [3.8, 4) is 10.6 Å². The summed E-state index contributed by atoms with van der Waals surface area (Å²) in [4.78, 5) is 18.8. The standard InChI is InChI=1S/C14H12N2O2S2/c1-8-3-4-12(20-8)11-7-19-14(15-11)16-13(17)10-5-6-18-9(10)2/h3-7H,1-2H3,(H,15,16,17). The van der Waals surface area contributed by atoms with Gasteiger partial charge in [0.15, 0.2) is 5.13 Å². The molecule has 0 aliphatic rings. The van der Waals surface area contributed by atoms with Gasteiger partial charge in [0.2, 0.25) is 0 Å². The summed E-state index contributed by atoms with van der Waals surface area (Å²) in [7, 11) is 0. The number of nitrogens with zero attached hydrogens (tertiary/aromatic N) is 1. The van der Waals surface area contributed by atoms with Crippen LogP contribution in [-0.4, -0.2) is 10.9 Å². The fourth-order valence-electron chi connectivity index (χ4n) is 1.80. The Balaban J connectivity index is 1.78. The highest BCUT2D eigenvalue weighted by Crippen LogP contribution is 2.30. The van der Waals surface area contributed by atoms with Crippen molar-refractivity contribution in [2.24, 2.45) is 0 Å². The van der Waals surface area contributed by atoms with Crippen LogP contribution in [0.3, 0.4) is 0 Å². The van der Waals surface area contributed by atoms with Crippen molar-refractivity contribution in [3.63, 3.8) is 0 Å². The van der Waals surface area contributed by atoms with Crippen LogP contribution < -0.4 is 5.32 Å². The molecule has 0 spiro atoms. The number of carbonyl (C=O) groups is 1. The molecule has 102 valence electrons. The van der Waals surface area contributed by atoms with Crippen LogP contribution in [0.2, 0.25) is 0 Å². The Morgan fingerprint density at radius 1 is 1.30 bits per heavy atom. The van der Waals surface area contributed by atoms with Crippen LogP contribution in [0.1, 0.15) is 21.0 Å². The highest BCUT2D eigenvalue weighted by molar-refractivity contribution is 7.17. The van der Waals surface area contributed by atoms with E-state index < -0.39 is 0 Å². The van der Waals surface area contributed by atoms with Crippen molar-refractivity contribution in [2.45, 2.75) is 13.8 Å². The molecule has 0 bridgehead atoms. The van der Waals surface area contributed by atoms with E-state index in [1.54, 1.807) is 24.3 Å². The fraction of sp³-hybridized carbons (Fsp3) is 0.143. The van der Waals surface area contributed by atoms with Gasteiger partial charge in [-0.25, -0.2) is 4.98 Å². The lowest BCUT2D eigenvalue weighted by atomic mass is 10.2. The van der Waals surface area contributed by atoms with Gasteiger partial charge in [0.25, 0.3) is 5.91 Å². The number of rotatable bonds is 3.